The molecule has 1 saturated carbocycles. The minimum Gasteiger partial charge on any atom is -0.383 e. The summed E-state index contributed by atoms with van der Waals surface area (Å²) < 4.78 is 1.84. The summed E-state index contributed by atoms with van der Waals surface area (Å²) in [5.74, 6) is -0.165. The average Bonchev–Trinajstić information content (AvgIpc) is 3.49. The molecule has 3 aromatic rings. The lowest BCUT2D eigenvalue weighted by molar-refractivity contribution is -0.117. The van der Waals surface area contributed by atoms with Gasteiger partial charge in [-0.2, -0.15) is 5.26 Å². The minimum atomic E-state index is -0.279. The third-order valence-electron chi connectivity index (χ3n) is 5.92. The Morgan fingerprint density at radius 3 is 2.71 bits per heavy atom. The van der Waals surface area contributed by atoms with Crippen LogP contribution in [0.5, 0.6) is 0 Å². The number of carbonyl (C=O) groups is 2. The zero-order valence-corrected chi connectivity index (χ0v) is 17.8. The van der Waals surface area contributed by atoms with Crippen LogP contribution in [-0.2, 0) is 11.8 Å². The predicted molar refractivity (Wildman–Crippen MR) is 117 cm³/mol. The van der Waals surface area contributed by atoms with Gasteiger partial charge in [0.2, 0.25) is 5.91 Å². The normalized spacial score (nSPS) is 17.3. The molecule has 1 aliphatic carbocycles. The fourth-order valence-electron chi connectivity index (χ4n) is 4.01. The van der Waals surface area contributed by atoms with Crippen molar-refractivity contribution in [3.05, 3.63) is 35.3 Å². The van der Waals surface area contributed by atoms with Gasteiger partial charge < -0.3 is 20.9 Å². The lowest BCUT2D eigenvalue weighted by Gasteiger charge is -2.10. The molecule has 1 aliphatic rings. The van der Waals surface area contributed by atoms with E-state index in [2.05, 4.69) is 26.7 Å². The summed E-state index contributed by atoms with van der Waals surface area (Å²) in [6.45, 7) is 3.81. The molecule has 158 valence electrons. The third kappa shape index (κ3) is 3.36. The van der Waals surface area contributed by atoms with E-state index in [1.807, 2.05) is 31.5 Å². The first-order chi connectivity index (χ1) is 14.8. The van der Waals surface area contributed by atoms with Crippen molar-refractivity contribution in [3.8, 4) is 17.3 Å². The molecule has 2 atom stereocenters. The molecule has 4 rings (SSSR count). The lowest BCUT2D eigenvalue weighted by atomic mass is 10.0. The van der Waals surface area contributed by atoms with Crippen LogP contribution in [0.3, 0.4) is 0 Å². The number of anilines is 2. The highest BCUT2D eigenvalue weighted by Gasteiger charge is 2.43. The number of fused-ring (bicyclic) bond motifs is 1. The van der Waals surface area contributed by atoms with Gasteiger partial charge in [-0.15, -0.1) is 0 Å². The third-order valence-corrected chi connectivity index (χ3v) is 5.92. The van der Waals surface area contributed by atoms with Crippen molar-refractivity contribution in [3.63, 3.8) is 0 Å². The van der Waals surface area contributed by atoms with Crippen molar-refractivity contribution < 1.29 is 9.59 Å². The van der Waals surface area contributed by atoms with E-state index in [-0.39, 0.29) is 23.7 Å². The number of pyridine rings is 2. The number of rotatable bonds is 4. The van der Waals surface area contributed by atoms with Crippen LogP contribution in [0.15, 0.2) is 18.3 Å². The highest BCUT2D eigenvalue weighted by Crippen LogP contribution is 2.39. The summed E-state index contributed by atoms with van der Waals surface area (Å²) in [5.41, 5.74) is 9.95. The summed E-state index contributed by atoms with van der Waals surface area (Å²) in [5, 5.41) is 15.8. The molecular formula is C22H23N7O2. The second-order valence-electron chi connectivity index (χ2n) is 7.82. The van der Waals surface area contributed by atoms with Crippen molar-refractivity contribution in [2.75, 3.05) is 18.1 Å². The van der Waals surface area contributed by atoms with Crippen LogP contribution >= 0.6 is 0 Å². The molecule has 1 fully saturated rings. The number of amides is 2. The Bertz CT molecular complexity index is 1290. The number of nitrogens with two attached hydrogens (primary N) is 1. The van der Waals surface area contributed by atoms with Crippen LogP contribution < -0.4 is 16.4 Å². The van der Waals surface area contributed by atoms with Gasteiger partial charge in [0.1, 0.15) is 17.3 Å². The van der Waals surface area contributed by atoms with Crippen LogP contribution in [0.2, 0.25) is 0 Å². The van der Waals surface area contributed by atoms with Gasteiger partial charge in [-0.3, -0.25) is 9.59 Å². The fraction of sp³-hybridized carbons (Fsp3) is 0.318. The minimum absolute atomic E-state index is 0.173. The summed E-state index contributed by atoms with van der Waals surface area (Å²) in [6.07, 6.45) is 2.16. The number of carbonyl (C=O) groups excluding carboxylic acids is 2. The van der Waals surface area contributed by atoms with Gasteiger partial charge in [0.15, 0.2) is 0 Å². The quantitative estimate of drug-likeness (QED) is 0.595. The second-order valence-corrected chi connectivity index (χ2v) is 7.82. The van der Waals surface area contributed by atoms with E-state index in [0.717, 1.165) is 22.2 Å². The maximum Gasteiger partial charge on any atom is 0.267 e. The smallest absolute Gasteiger partial charge is 0.267 e. The summed E-state index contributed by atoms with van der Waals surface area (Å²) in [6, 6.07) is 5.73. The van der Waals surface area contributed by atoms with Crippen molar-refractivity contribution in [1.29, 1.82) is 5.26 Å². The Kier molecular flexibility index (Phi) is 4.85. The highest BCUT2D eigenvalue weighted by atomic mass is 16.2. The van der Waals surface area contributed by atoms with Crippen LogP contribution in [0.1, 0.15) is 28.2 Å². The van der Waals surface area contributed by atoms with Crippen molar-refractivity contribution >= 4 is 34.2 Å². The standard InChI is InChI=1S/C22H23N7O2/c1-10-18(11(2)29(4)19(10)22(31)25-3)16-6-12-7-17(26-9-15(12)20(24)27-16)28-21(30)14-5-13(14)8-23/h6-7,9,13-14H,5H2,1-4H3,(H2,24,27)(H,25,31)(H,26,28,30)/t13-,14?/m0/s1. The predicted octanol–water partition coefficient (Wildman–Crippen LogP) is 2.29. The maximum atomic E-state index is 12.3. The van der Waals surface area contributed by atoms with Crippen LogP contribution in [0.25, 0.3) is 22.0 Å². The van der Waals surface area contributed by atoms with Gasteiger partial charge in [0, 0.05) is 36.9 Å². The number of nitriles is 1. The van der Waals surface area contributed by atoms with E-state index in [1.165, 1.54) is 0 Å². The molecule has 31 heavy (non-hydrogen) atoms. The molecule has 9 nitrogen and oxygen atoms in total. The number of hydrogen-bond acceptors (Lipinski definition) is 6. The fourth-order valence-corrected chi connectivity index (χ4v) is 4.01. The average molecular weight is 417 g/mol. The Morgan fingerprint density at radius 2 is 2.06 bits per heavy atom. The lowest BCUT2D eigenvalue weighted by Crippen LogP contribution is -2.21. The largest absolute Gasteiger partial charge is 0.383 e. The Balaban J connectivity index is 1.76. The van der Waals surface area contributed by atoms with E-state index in [9.17, 15) is 9.59 Å². The van der Waals surface area contributed by atoms with E-state index >= 15 is 0 Å². The summed E-state index contributed by atoms with van der Waals surface area (Å²) in [7, 11) is 3.43. The van der Waals surface area contributed by atoms with Crippen molar-refractivity contribution in [1.82, 2.24) is 19.9 Å². The van der Waals surface area contributed by atoms with Crippen LogP contribution in [0.4, 0.5) is 11.6 Å². The van der Waals surface area contributed by atoms with Gasteiger partial charge in [-0.1, -0.05) is 0 Å². The number of nitrogens with zero attached hydrogens (tertiary/aromatic N) is 4. The van der Waals surface area contributed by atoms with E-state index in [4.69, 9.17) is 11.0 Å². The number of hydrogen-bond donors (Lipinski definition) is 3. The van der Waals surface area contributed by atoms with Crippen LogP contribution in [-0.4, -0.2) is 33.4 Å². The molecule has 9 heteroatoms. The van der Waals surface area contributed by atoms with E-state index in [1.54, 1.807) is 19.3 Å². The molecular weight excluding hydrogens is 394 g/mol. The zero-order chi connectivity index (χ0) is 22.4. The molecule has 0 radical (unpaired) electrons. The molecule has 4 N–H and O–H groups in total. The molecule has 0 saturated heterocycles. The van der Waals surface area contributed by atoms with Gasteiger partial charge in [0.05, 0.1) is 23.6 Å². The first-order valence-electron chi connectivity index (χ1n) is 9.91. The maximum absolute atomic E-state index is 12.3. The highest BCUT2D eigenvalue weighted by molar-refractivity contribution is 6.00. The Hall–Kier alpha value is -3.93. The van der Waals surface area contributed by atoms with Crippen molar-refractivity contribution in [2.24, 2.45) is 18.9 Å². The van der Waals surface area contributed by atoms with E-state index < -0.39 is 0 Å². The first-order valence-corrected chi connectivity index (χ1v) is 9.91. The molecule has 2 amide bonds. The SMILES string of the molecule is CNC(=O)c1c(C)c(-c2cc3cc(NC(=O)C4C[C@H]4C#N)ncc3c(N)n2)c(C)n1C. The van der Waals surface area contributed by atoms with Gasteiger partial charge in [0.25, 0.3) is 5.91 Å². The number of nitrogen functional groups attached to an aromatic ring is 1. The van der Waals surface area contributed by atoms with Crippen molar-refractivity contribution in [2.45, 2.75) is 20.3 Å². The first kappa shape index (κ1) is 20.3. The number of nitrogens with one attached hydrogen (secondary N) is 2. The molecule has 0 aliphatic heterocycles. The topological polar surface area (TPSA) is 139 Å². The molecule has 1 unspecified atom stereocenters. The van der Waals surface area contributed by atoms with Gasteiger partial charge in [-0.05, 0) is 43.4 Å². The molecule has 3 heterocycles. The summed E-state index contributed by atoms with van der Waals surface area (Å²) >= 11 is 0. The van der Waals surface area contributed by atoms with E-state index in [0.29, 0.717) is 34.8 Å². The Labute approximate surface area is 179 Å². The van der Waals surface area contributed by atoms with Gasteiger partial charge in [-0.25, -0.2) is 9.97 Å². The van der Waals surface area contributed by atoms with Gasteiger partial charge >= 0.3 is 0 Å². The second kappa shape index (κ2) is 7.40. The molecule has 3 aromatic heterocycles. The summed E-state index contributed by atoms with van der Waals surface area (Å²) in [4.78, 5) is 33.4. The molecule has 0 aromatic carbocycles. The monoisotopic (exact) mass is 417 g/mol. The van der Waals surface area contributed by atoms with Crippen LogP contribution in [0, 0.1) is 37.0 Å². The number of aromatic nitrogens is 3. The molecule has 0 bridgehead atoms. The Morgan fingerprint density at radius 1 is 1.32 bits per heavy atom. The zero-order valence-electron chi connectivity index (χ0n) is 17.8. The molecule has 0 spiro atoms.